The maximum absolute atomic E-state index is 6.04. The average molecular weight is 217 g/mol. The molecule has 1 fully saturated rings. The summed E-state index contributed by atoms with van der Waals surface area (Å²) in [7, 11) is 0. The van der Waals surface area contributed by atoms with E-state index in [0.29, 0.717) is 17.9 Å². The molecule has 0 aliphatic heterocycles. The quantitative estimate of drug-likeness (QED) is 0.801. The molecule has 1 aliphatic carbocycles. The van der Waals surface area contributed by atoms with E-state index in [1.165, 1.54) is 36.8 Å². The van der Waals surface area contributed by atoms with Crippen molar-refractivity contribution in [1.29, 1.82) is 0 Å². The monoisotopic (exact) mass is 217 g/mol. The third kappa shape index (κ3) is 2.65. The largest absolute Gasteiger partial charge is 0.328 e. The lowest BCUT2D eigenvalue weighted by Crippen LogP contribution is -2.26. The van der Waals surface area contributed by atoms with Gasteiger partial charge in [-0.1, -0.05) is 44.5 Å². The van der Waals surface area contributed by atoms with Crippen molar-refractivity contribution >= 4 is 0 Å². The van der Waals surface area contributed by atoms with Crippen molar-refractivity contribution in [1.82, 2.24) is 0 Å². The molecule has 2 atom stereocenters. The maximum Gasteiger partial charge on any atom is 0.00446 e. The van der Waals surface area contributed by atoms with Crippen LogP contribution in [-0.2, 0) is 0 Å². The molecular weight excluding hydrogens is 194 g/mol. The first-order valence-corrected chi connectivity index (χ1v) is 6.52. The summed E-state index contributed by atoms with van der Waals surface area (Å²) < 4.78 is 0. The first-order chi connectivity index (χ1) is 7.66. The molecule has 0 saturated heterocycles. The van der Waals surface area contributed by atoms with E-state index in [1.54, 1.807) is 0 Å². The normalized spacial score (nSPS) is 26.0. The van der Waals surface area contributed by atoms with E-state index in [1.807, 2.05) is 0 Å². The zero-order valence-electron chi connectivity index (χ0n) is 10.4. The number of nitrogens with two attached hydrogens (primary N) is 1. The molecule has 0 amide bonds. The summed E-state index contributed by atoms with van der Waals surface area (Å²) >= 11 is 0. The minimum absolute atomic E-state index is 0.420. The van der Waals surface area contributed by atoms with Crippen molar-refractivity contribution in [3.63, 3.8) is 0 Å². The second-order valence-corrected chi connectivity index (χ2v) is 5.44. The minimum atomic E-state index is 0.420. The Kier molecular flexibility index (Phi) is 3.65. The molecule has 1 aromatic carbocycles. The van der Waals surface area contributed by atoms with Crippen LogP contribution in [0.15, 0.2) is 24.3 Å². The summed E-state index contributed by atoms with van der Waals surface area (Å²) in [6, 6.07) is 9.58. The fourth-order valence-electron chi connectivity index (χ4n) is 2.68. The van der Waals surface area contributed by atoms with Gasteiger partial charge in [-0.2, -0.15) is 0 Å². The van der Waals surface area contributed by atoms with Crippen LogP contribution in [0.5, 0.6) is 0 Å². The van der Waals surface area contributed by atoms with Crippen LogP contribution in [0.1, 0.15) is 62.5 Å². The minimum Gasteiger partial charge on any atom is -0.328 e. The van der Waals surface area contributed by atoms with Crippen LogP contribution < -0.4 is 5.73 Å². The van der Waals surface area contributed by atoms with Crippen LogP contribution in [-0.4, -0.2) is 6.04 Å². The standard InChI is InChI=1S/C15H23N/c1-11(2)12-6-8-13(9-7-12)14-4-3-5-15(16)10-14/h6-9,11,14-15H,3-5,10,16H2,1-2H3. The molecule has 16 heavy (non-hydrogen) atoms. The third-order valence-electron chi connectivity index (χ3n) is 3.79. The Morgan fingerprint density at radius 2 is 1.81 bits per heavy atom. The highest BCUT2D eigenvalue weighted by Crippen LogP contribution is 2.32. The first kappa shape index (κ1) is 11.7. The highest BCUT2D eigenvalue weighted by Gasteiger charge is 2.20. The van der Waals surface area contributed by atoms with Crippen molar-refractivity contribution in [2.24, 2.45) is 5.73 Å². The molecule has 88 valence electrons. The molecule has 0 radical (unpaired) electrons. The van der Waals surface area contributed by atoms with E-state index in [9.17, 15) is 0 Å². The molecule has 0 aromatic heterocycles. The highest BCUT2D eigenvalue weighted by atomic mass is 14.6. The van der Waals surface area contributed by atoms with Crippen molar-refractivity contribution in [2.45, 2.75) is 57.4 Å². The van der Waals surface area contributed by atoms with E-state index >= 15 is 0 Å². The van der Waals surface area contributed by atoms with E-state index in [0.717, 1.165) is 0 Å². The van der Waals surface area contributed by atoms with Crippen LogP contribution in [0.25, 0.3) is 0 Å². The molecule has 1 nitrogen and oxygen atoms in total. The van der Waals surface area contributed by atoms with Crippen LogP contribution in [0.2, 0.25) is 0 Å². The summed E-state index contributed by atoms with van der Waals surface area (Å²) in [4.78, 5) is 0. The first-order valence-electron chi connectivity index (χ1n) is 6.52. The summed E-state index contributed by atoms with van der Waals surface area (Å²) in [5, 5.41) is 0. The average Bonchev–Trinajstić information content (AvgIpc) is 2.29. The van der Waals surface area contributed by atoms with Gasteiger partial charge in [0.1, 0.15) is 0 Å². The maximum atomic E-state index is 6.04. The summed E-state index contributed by atoms with van der Waals surface area (Å²) in [5.41, 5.74) is 8.96. The van der Waals surface area contributed by atoms with Gasteiger partial charge in [-0.3, -0.25) is 0 Å². The number of rotatable bonds is 2. The van der Waals surface area contributed by atoms with Crippen LogP contribution in [0.4, 0.5) is 0 Å². The van der Waals surface area contributed by atoms with E-state index in [4.69, 9.17) is 5.73 Å². The van der Waals surface area contributed by atoms with Crippen LogP contribution in [0, 0.1) is 0 Å². The van der Waals surface area contributed by atoms with Crippen molar-refractivity contribution in [2.75, 3.05) is 0 Å². The molecule has 2 rings (SSSR count). The molecule has 1 saturated carbocycles. The SMILES string of the molecule is CC(C)c1ccc(C2CCCC(N)C2)cc1. The smallest absolute Gasteiger partial charge is 0.00446 e. The Morgan fingerprint density at radius 1 is 1.12 bits per heavy atom. The number of benzene rings is 1. The molecule has 2 unspecified atom stereocenters. The second kappa shape index (κ2) is 5.01. The molecule has 0 bridgehead atoms. The second-order valence-electron chi connectivity index (χ2n) is 5.44. The van der Waals surface area contributed by atoms with Crippen molar-refractivity contribution < 1.29 is 0 Å². The predicted molar refractivity (Wildman–Crippen MR) is 69.7 cm³/mol. The molecule has 0 spiro atoms. The Labute approximate surface area is 99.0 Å². The highest BCUT2D eigenvalue weighted by molar-refractivity contribution is 5.27. The summed E-state index contributed by atoms with van der Waals surface area (Å²) in [6.07, 6.45) is 4.98. The Morgan fingerprint density at radius 3 is 2.38 bits per heavy atom. The molecule has 0 heterocycles. The fourth-order valence-corrected chi connectivity index (χ4v) is 2.68. The van der Waals surface area contributed by atoms with Gasteiger partial charge < -0.3 is 5.73 Å². The molecular formula is C15H23N. The van der Waals surface area contributed by atoms with Gasteiger partial charge in [0.2, 0.25) is 0 Å². The van der Waals surface area contributed by atoms with E-state index in [-0.39, 0.29) is 0 Å². The van der Waals surface area contributed by atoms with Crippen LogP contribution >= 0.6 is 0 Å². The lowest BCUT2D eigenvalue weighted by atomic mass is 9.81. The van der Waals surface area contributed by atoms with Gasteiger partial charge in [0.25, 0.3) is 0 Å². The van der Waals surface area contributed by atoms with Gasteiger partial charge in [-0.25, -0.2) is 0 Å². The third-order valence-corrected chi connectivity index (χ3v) is 3.79. The van der Waals surface area contributed by atoms with Gasteiger partial charge >= 0.3 is 0 Å². The summed E-state index contributed by atoms with van der Waals surface area (Å²) in [6.45, 7) is 4.48. The molecule has 1 heteroatoms. The molecule has 1 aliphatic rings. The van der Waals surface area contributed by atoms with E-state index in [2.05, 4.69) is 38.1 Å². The number of hydrogen-bond donors (Lipinski definition) is 1. The zero-order chi connectivity index (χ0) is 11.5. The Bertz CT molecular complexity index is 326. The van der Waals surface area contributed by atoms with Gasteiger partial charge in [0.05, 0.1) is 0 Å². The Balaban J connectivity index is 2.09. The number of hydrogen-bond acceptors (Lipinski definition) is 1. The molecule has 1 aromatic rings. The van der Waals surface area contributed by atoms with Crippen molar-refractivity contribution in [3.8, 4) is 0 Å². The topological polar surface area (TPSA) is 26.0 Å². The van der Waals surface area contributed by atoms with Gasteiger partial charge in [0.15, 0.2) is 0 Å². The van der Waals surface area contributed by atoms with Crippen molar-refractivity contribution in [3.05, 3.63) is 35.4 Å². The summed E-state index contributed by atoms with van der Waals surface area (Å²) in [5.74, 6) is 1.33. The van der Waals surface area contributed by atoms with Crippen LogP contribution in [0.3, 0.4) is 0 Å². The molecule has 2 N–H and O–H groups in total. The fraction of sp³-hybridized carbons (Fsp3) is 0.600. The van der Waals surface area contributed by atoms with Gasteiger partial charge in [0, 0.05) is 6.04 Å². The predicted octanol–water partition coefficient (Wildman–Crippen LogP) is 3.79. The van der Waals surface area contributed by atoms with E-state index < -0.39 is 0 Å². The van der Waals surface area contributed by atoms with Gasteiger partial charge in [-0.05, 0) is 42.2 Å². The Hall–Kier alpha value is -0.820. The lowest BCUT2D eigenvalue weighted by molar-refractivity contribution is 0.393. The lowest BCUT2D eigenvalue weighted by Gasteiger charge is -2.27. The van der Waals surface area contributed by atoms with Gasteiger partial charge in [-0.15, -0.1) is 0 Å². The zero-order valence-corrected chi connectivity index (χ0v) is 10.4.